The fraction of sp³-hybridized carbons (Fsp3) is 1.00. The molecule has 12 heavy (non-hydrogen) atoms. The van der Waals surface area contributed by atoms with Gasteiger partial charge in [-0.25, -0.2) is 0 Å². The van der Waals surface area contributed by atoms with Gasteiger partial charge in [-0.3, -0.25) is 0 Å². The van der Waals surface area contributed by atoms with Crippen molar-refractivity contribution in [3.05, 3.63) is 0 Å². The summed E-state index contributed by atoms with van der Waals surface area (Å²) in [6, 6.07) is 0. The summed E-state index contributed by atoms with van der Waals surface area (Å²) in [7, 11) is 4.42. The second-order valence-corrected chi connectivity index (χ2v) is 4.15. The van der Waals surface area contributed by atoms with Crippen molar-refractivity contribution in [3.63, 3.8) is 0 Å². The Bertz CT molecular complexity index is 126. The minimum atomic E-state index is 0.468. The molecule has 1 N–H and O–H groups in total. The van der Waals surface area contributed by atoms with Gasteiger partial charge in [0.25, 0.3) is 0 Å². The molecule has 1 aliphatic rings. The lowest BCUT2D eigenvalue weighted by Crippen LogP contribution is -2.45. The third-order valence-electron chi connectivity index (χ3n) is 3.17. The van der Waals surface area contributed by atoms with Gasteiger partial charge in [-0.15, -0.1) is 0 Å². The van der Waals surface area contributed by atoms with Crippen LogP contribution in [0.2, 0.25) is 0 Å². The van der Waals surface area contributed by atoms with Gasteiger partial charge in [0.2, 0.25) is 0 Å². The fourth-order valence-corrected chi connectivity index (χ4v) is 2.06. The first-order valence-corrected chi connectivity index (χ1v) is 5.09. The molecule has 0 amide bonds. The average molecular weight is 170 g/mol. The molecule has 1 aliphatic heterocycles. The maximum atomic E-state index is 3.46. The predicted molar refractivity (Wildman–Crippen MR) is 53.4 cm³/mol. The lowest BCUT2D eigenvalue weighted by molar-refractivity contribution is 0.157. The Morgan fingerprint density at radius 1 is 1.42 bits per heavy atom. The van der Waals surface area contributed by atoms with Gasteiger partial charge < -0.3 is 10.2 Å². The number of nitrogens with zero attached hydrogens (tertiary/aromatic N) is 1. The van der Waals surface area contributed by atoms with Crippen molar-refractivity contribution in [2.75, 3.05) is 27.2 Å². The first-order valence-electron chi connectivity index (χ1n) is 5.09. The Morgan fingerprint density at radius 3 is 2.58 bits per heavy atom. The van der Waals surface area contributed by atoms with E-state index >= 15 is 0 Å². The molecule has 1 fully saturated rings. The zero-order valence-electron chi connectivity index (χ0n) is 8.69. The second-order valence-electron chi connectivity index (χ2n) is 4.15. The number of likely N-dealkylation sites (N-methyl/N-ethyl adjacent to an activating group) is 1. The van der Waals surface area contributed by atoms with Crippen LogP contribution in [0.4, 0.5) is 0 Å². The zero-order chi connectivity index (χ0) is 9.03. The molecule has 1 unspecified atom stereocenters. The normalized spacial score (nSPS) is 30.0. The molecule has 0 aromatic heterocycles. The Labute approximate surface area is 76.3 Å². The van der Waals surface area contributed by atoms with Crippen LogP contribution < -0.4 is 5.32 Å². The topological polar surface area (TPSA) is 15.3 Å². The first kappa shape index (κ1) is 10.0. The van der Waals surface area contributed by atoms with Crippen LogP contribution in [0.5, 0.6) is 0 Å². The molecule has 2 heteroatoms. The molecule has 0 saturated carbocycles. The number of rotatable bonds is 4. The van der Waals surface area contributed by atoms with Gasteiger partial charge >= 0.3 is 0 Å². The van der Waals surface area contributed by atoms with Gasteiger partial charge in [0.1, 0.15) is 0 Å². The summed E-state index contributed by atoms with van der Waals surface area (Å²) in [4.78, 5) is 2.41. The van der Waals surface area contributed by atoms with Crippen LogP contribution in [0.25, 0.3) is 0 Å². The maximum absolute atomic E-state index is 3.46. The van der Waals surface area contributed by atoms with Gasteiger partial charge in [0.15, 0.2) is 0 Å². The summed E-state index contributed by atoms with van der Waals surface area (Å²) in [5.41, 5.74) is 0.468. The summed E-state index contributed by atoms with van der Waals surface area (Å²) in [6.07, 6.45) is 5.35. The van der Waals surface area contributed by atoms with Gasteiger partial charge in [-0.1, -0.05) is 19.8 Å². The monoisotopic (exact) mass is 170 g/mol. The molecule has 0 aromatic rings. The molecule has 2 nitrogen and oxygen atoms in total. The number of hydrogen-bond acceptors (Lipinski definition) is 2. The Balaban J connectivity index is 2.47. The smallest absolute Gasteiger partial charge is 0.0339 e. The maximum Gasteiger partial charge on any atom is 0.0339 e. The van der Waals surface area contributed by atoms with E-state index in [1.54, 1.807) is 0 Å². The van der Waals surface area contributed by atoms with Gasteiger partial charge in [0, 0.05) is 12.1 Å². The van der Waals surface area contributed by atoms with Gasteiger partial charge in [-0.2, -0.15) is 0 Å². The molecular formula is C10H22N2. The lowest BCUT2D eigenvalue weighted by atomic mass is 9.90. The van der Waals surface area contributed by atoms with E-state index in [9.17, 15) is 0 Å². The van der Waals surface area contributed by atoms with Crippen molar-refractivity contribution in [3.8, 4) is 0 Å². The molecule has 0 spiro atoms. The molecule has 1 rings (SSSR count). The number of nitrogens with one attached hydrogen (secondary N) is 1. The quantitative estimate of drug-likeness (QED) is 0.687. The Morgan fingerprint density at radius 2 is 2.17 bits per heavy atom. The van der Waals surface area contributed by atoms with Crippen LogP contribution in [0.1, 0.15) is 32.6 Å². The Hall–Kier alpha value is -0.0800. The highest BCUT2D eigenvalue weighted by Crippen LogP contribution is 2.26. The van der Waals surface area contributed by atoms with E-state index in [0.29, 0.717) is 5.54 Å². The van der Waals surface area contributed by atoms with Crippen molar-refractivity contribution < 1.29 is 0 Å². The first-order chi connectivity index (χ1) is 5.71. The zero-order valence-corrected chi connectivity index (χ0v) is 8.69. The molecule has 0 bridgehead atoms. The van der Waals surface area contributed by atoms with Crippen molar-refractivity contribution in [2.45, 2.75) is 38.1 Å². The van der Waals surface area contributed by atoms with Crippen LogP contribution in [0.3, 0.4) is 0 Å². The third kappa shape index (κ3) is 1.99. The number of unbranched alkanes of at least 4 members (excludes halogenated alkanes) is 1. The summed E-state index contributed by atoms with van der Waals surface area (Å²) >= 11 is 0. The minimum absolute atomic E-state index is 0.468. The minimum Gasteiger partial charge on any atom is -0.315 e. The average Bonchev–Trinajstić information content (AvgIpc) is 2.50. The van der Waals surface area contributed by atoms with E-state index in [1.165, 1.54) is 38.8 Å². The van der Waals surface area contributed by atoms with Crippen molar-refractivity contribution in [1.82, 2.24) is 10.2 Å². The van der Waals surface area contributed by atoms with E-state index in [0.717, 1.165) is 0 Å². The van der Waals surface area contributed by atoms with Crippen LogP contribution in [0, 0.1) is 0 Å². The van der Waals surface area contributed by atoms with Crippen molar-refractivity contribution >= 4 is 0 Å². The summed E-state index contributed by atoms with van der Waals surface area (Å²) < 4.78 is 0. The molecule has 0 aromatic carbocycles. The SMILES string of the molecule is CCCCC1(N(C)C)CCNC1. The third-order valence-corrected chi connectivity index (χ3v) is 3.17. The molecule has 72 valence electrons. The standard InChI is InChI=1S/C10H22N2/c1-4-5-6-10(12(2)3)7-8-11-9-10/h11H,4-9H2,1-3H3. The van der Waals surface area contributed by atoms with E-state index in [-0.39, 0.29) is 0 Å². The van der Waals surface area contributed by atoms with Crippen LogP contribution in [0.15, 0.2) is 0 Å². The number of hydrogen-bond donors (Lipinski definition) is 1. The Kier molecular flexibility index (Phi) is 3.53. The molecule has 0 radical (unpaired) electrons. The van der Waals surface area contributed by atoms with Gasteiger partial charge in [-0.05, 0) is 33.5 Å². The predicted octanol–water partition coefficient (Wildman–Crippen LogP) is 1.47. The lowest BCUT2D eigenvalue weighted by Gasteiger charge is -2.35. The fourth-order valence-electron chi connectivity index (χ4n) is 2.06. The van der Waals surface area contributed by atoms with Crippen molar-refractivity contribution in [1.29, 1.82) is 0 Å². The largest absolute Gasteiger partial charge is 0.315 e. The van der Waals surface area contributed by atoms with Crippen LogP contribution in [-0.4, -0.2) is 37.6 Å². The highest BCUT2D eigenvalue weighted by atomic mass is 15.2. The van der Waals surface area contributed by atoms with Crippen LogP contribution in [-0.2, 0) is 0 Å². The van der Waals surface area contributed by atoms with E-state index in [1.807, 2.05) is 0 Å². The van der Waals surface area contributed by atoms with E-state index in [4.69, 9.17) is 0 Å². The second kappa shape index (κ2) is 4.24. The molecule has 1 atom stereocenters. The molecule has 1 saturated heterocycles. The summed E-state index contributed by atoms with van der Waals surface area (Å²) in [5.74, 6) is 0. The van der Waals surface area contributed by atoms with Gasteiger partial charge in [0.05, 0.1) is 0 Å². The van der Waals surface area contributed by atoms with Crippen molar-refractivity contribution in [2.24, 2.45) is 0 Å². The van der Waals surface area contributed by atoms with E-state index < -0.39 is 0 Å². The highest BCUT2D eigenvalue weighted by Gasteiger charge is 2.34. The molecule has 0 aliphatic carbocycles. The van der Waals surface area contributed by atoms with E-state index in [2.05, 4.69) is 31.2 Å². The summed E-state index contributed by atoms with van der Waals surface area (Å²) in [6.45, 7) is 4.65. The molecular weight excluding hydrogens is 148 g/mol. The molecule has 1 heterocycles. The van der Waals surface area contributed by atoms with Crippen LogP contribution >= 0.6 is 0 Å². The highest BCUT2D eigenvalue weighted by molar-refractivity contribution is 4.95. The summed E-state index contributed by atoms with van der Waals surface area (Å²) in [5, 5.41) is 3.46.